The van der Waals surface area contributed by atoms with Crippen molar-refractivity contribution in [2.45, 2.75) is 13.3 Å². The average Bonchev–Trinajstić information content (AvgIpc) is 2.76. The molecule has 88 valence electrons. The fourth-order valence-electron chi connectivity index (χ4n) is 1.42. The van der Waals surface area contributed by atoms with Crippen LogP contribution in [0.2, 0.25) is 0 Å². The Bertz CT molecular complexity index is 545. The zero-order chi connectivity index (χ0) is 12.1. The number of esters is 1. The molecule has 0 aliphatic heterocycles. The lowest BCUT2D eigenvalue weighted by Gasteiger charge is -1.96. The first-order chi connectivity index (χ1) is 8.29. The molecule has 0 bridgehead atoms. The van der Waals surface area contributed by atoms with Gasteiger partial charge in [0.2, 0.25) is 0 Å². The van der Waals surface area contributed by atoms with Gasteiger partial charge in [-0.2, -0.15) is 0 Å². The molecular formula is C12H13N3O2. The molecule has 1 N–H and O–H groups in total. The lowest BCUT2D eigenvalue weighted by molar-refractivity contribution is -0.142. The number of hydrogen-bond donors (Lipinski definition) is 1. The molecule has 0 aliphatic carbocycles. The van der Waals surface area contributed by atoms with Crippen molar-refractivity contribution in [2.24, 2.45) is 0 Å². The first-order valence-corrected chi connectivity index (χ1v) is 5.42. The monoisotopic (exact) mass is 231 g/mol. The Morgan fingerprint density at radius 2 is 2.47 bits per heavy atom. The van der Waals surface area contributed by atoms with Crippen LogP contribution in [0.1, 0.15) is 19.0 Å². The second-order valence-corrected chi connectivity index (χ2v) is 3.42. The van der Waals surface area contributed by atoms with Gasteiger partial charge in [0.1, 0.15) is 5.52 Å². The fourth-order valence-corrected chi connectivity index (χ4v) is 1.42. The molecule has 0 fully saturated rings. The van der Waals surface area contributed by atoms with Crippen LogP contribution >= 0.6 is 0 Å². The maximum atomic E-state index is 11.1. The molecule has 0 aromatic carbocycles. The van der Waals surface area contributed by atoms with Gasteiger partial charge in [-0.15, -0.1) is 0 Å². The number of hydrogen-bond acceptors (Lipinski definition) is 4. The van der Waals surface area contributed by atoms with E-state index in [-0.39, 0.29) is 12.4 Å². The number of fused-ring (bicyclic) bond motifs is 1. The topological polar surface area (TPSA) is 67.9 Å². The van der Waals surface area contributed by atoms with Crippen LogP contribution in [0.5, 0.6) is 0 Å². The first-order valence-electron chi connectivity index (χ1n) is 5.42. The number of carbonyl (C=O) groups is 1. The maximum Gasteiger partial charge on any atom is 0.309 e. The van der Waals surface area contributed by atoms with Gasteiger partial charge in [0.25, 0.3) is 0 Å². The quantitative estimate of drug-likeness (QED) is 0.816. The van der Waals surface area contributed by atoms with Crippen LogP contribution in [0.4, 0.5) is 0 Å². The zero-order valence-corrected chi connectivity index (χ0v) is 9.51. The predicted octanol–water partition coefficient (Wildman–Crippen LogP) is 1.92. The van der Waals surface area contributed by atoms with Crippen LogP contribution in [0.3, 0.4) is 0 Å². The highest BCUT2D eigenvalue weighted by atomic mass is 16.5. The molecule has 17 heavy (non-hydrogen) atoms. The van der Waals surface area contributed by atoms with E-state index < -0.39 is 0 Å². The Hall–Kier alpha value is -2.17. The van der Waals surface area contributed by atoms with E-state index in [0.29, 0.717) is 6.61 Å². The Labute approximate surface area is 98.5 Å². The first kappa shape index (κ1) is 11.3. The van der Waals surface area contributed by atoms with Gasteiger partial charge in [-0.1, -0.05) is 6.08 Å². The molecule has 0 unspecified atom stereocenters. The summed E-state index contributed by atoms with van der Waals surface area (Å²) in [5, 5.41) is 0. The molecule has 0 amide bonds. The highest BCUT2D eigenvalue weighted by Gasteiger charge is 1.99. The average molecular weight is 231 g/mol. The summed E-state index contributed by atoms with van der Waals surface area (Å²) in [6.45, 7) is 2.19. The minimum absolute atomic E-state index is 0.237. The summed E-state index contributed by atoms with van der Waals surface area (Å²) in [6.07, 6.45) is 7.18. The molecule has 2 aromatic rings. The maximum absolute atomic E-state index is 11.1. The molecule has 2 aromatic heterocycles. The Kier molecular flexibility index (Phi) is 3.49. The van der Waals surface area contributed by atoms with Crippen LogP contribution in [-0.2, 0) is 9.53 Å². The lowest BCUT2D eigenvalue weighted by atomic mass is 10.3. The van der Waals surface area contributed by atoms with Crippen molar-refractivity contribution in [1.29, 1.82) is 0 Å². The number of aromatic amines is 1. The molecule has 5 nitrogen and oxygen atoms in total. The summed E-state index contributed by atoms with van der Waals surface area (Å²) in [6, 6.07) is 1.85. The standard InChI is InChI=1S/C12H13N3O2/c1-2-17-11(16)5-3-4-9-8-14-12-10(15-9)6-7-13-12/h3-4,6-8H,2,5H2,1H3,(H,13,14). The van der Waals surface area contributed by atoms with E-state index in [1.165, 1.54) is 0 Å². The Morgan fingerprint density at radius 3 is 3.29 bits per heavy atom. The third kappa shape index (κ3) is 2.90. The molecule has 0 atom stereocenters. The van der Waals surface area contributed by atoms with Crippen LogP contribution in [0.25, 0.3) is 17.2 Å². The SMILES string of the molecule is CCOC(=O)CC=Cc1cnc2[nH]ccc2n1. The van der Waals surface area contributed by atoms with Gasteiger partial charge in [0, 0.05) is 6.20 Å². The van der Waals surface area contributed by atoms with Gasteiger partial charge in [0.05, 0.1) is 24.9 Å². The van der Waals surface area contributed by atoms with Crippen molar-refractivity contribution in [3.05, 3.63) is 30.2 Å². The van der Waals surface area contributed by atoms with Crippen LogP contribution < -0.4 is 0 Å². The molecular weight excluding hydrogens is 218 g/mol. The number of nitrogens with zero attached hydrogens (tertiary/aromatic N) is 2. The summed E-state index contributed by atoms with van der Waals surface area (Å²) in [4.78, 5) is 22.6. The fraction of sp³-hybridized carbons (Fsp3) is 0.250. The smallest absolute Gasteiger partial charge is 0.309 e. The summed E-state index contributed by atoms with van der Waals surface area (Å²) in [5.74, 6) is -0.237. The molecule has 5 heteroatoms. The number of nitrogens with one attached hydrogen (secondary N) is 1. The zero-order valence-electron chi connectivity index (χ0n) is 9.51. The summed E-state index contributed by atoms with van der Waals surface area (Å²) >= 11 is 0. The molecule has 2 heterocycles. The van der Waals surface area contributed by atoms with Crippen molar-refractivity contribution in [2.75, 3.05) is 6.61 Å². The van der Waals surface area contributed by atoms with Gasteiger partial charge in [-0.25, -0.2) is 9.97 Å². The van der Waals surface area contributed by atoms with E-state index in [9.17, 15) is 4.79 Å². The second-order valence-electron chi connectivity index (χ2n) is 3.42. The van der Waals surface area contributed by atoms with E-state index in [1.54, 1.807) is 31.5 Å². The van der Waals surface area contributed by atoms with Gasteiger partial charge in [-0.05, 0) is 19.1 Å². The molecule has 0 aliphatic rings. The van der Waals surface area contributed by atoms with Crippen molar-refractivity contribution < 1.29 is 9.53 Å². The van der Waals surface area contributed by atoms with E-state index in [0.717, 1.165) is 16.9 Å². The third-order valence-electron chi connectivity index (χ3n) is 2.16. The number of rotatable bonds is 4. The predicted molar refractivity (Wildman–Crippen MR) is 64.2 cm³/mol. The van der Waals surface area contributed by atoms with Crippen molar-refractivity contribution in [3.63, 3.8) is 0 Å². The summed E-state index contributed by atoms with van der Waals surface area (Å²) < 4.78 is 4.81. The molecule has 0 saturated carbocycles. The number of carbonyl (C=O) groups excluding carboxylic acids is 1. The largest absolute Gasteiger partial charge is 0.466 e. The van der Waals surface area contributed by atoms with Crippen LogP contribution in [0, 0.1) is 0 Å². The highest BCUT2D eigenvalue weighted by Crippen LogP contribution is 2.07. The van der Waals surface area contributed by atoms with Gasteiger partial charge < -0.3 is 9.72 Å². The Balaban J connectivity index is 2.02. The molecule has 0 saturated heterocycles. The van der Waals surface area contributed by atoms with Crippen LogP contribution in [0.15, 0.2) is 24.5 Å². The third-order valence-corrected chi connectivity index (χ3v) is 2.16. The Morgan fingerprint density at radius 1 is 1.59 bits per heavy atom. The second kappa shape index (κ2) is 5.25. The molecule has 0 radical (unpaired) electrons. The summed E-state index contributed by atoms with van der Waals surface area (Å²) in [7, 11) is 0. The summed E-state index contributed by atoms with van der Waals surface area (Å²) in [5.41, 5.74) is 2.29. The van der Waals surface area contributed by atoms with Crippen molar-refractivity contribution >= 4 is 23.2 Å². The van der Waals surface area contributed by atoms with Crippen molar-refractivity contribution in [1.82, 2.24) is 15.0 Å². The minimum atomic E-state index is -0.237. The van der Waals surface area contributed by atoms with Crippen LogP contribution in [-0.4, -0.2) is 27.5 Å². The van der Waals surface area contributed by atoms with E-state index in [1.807, 2.05) is 6.07 Å². The van der Waals surface area contributed by atoms with Crippen molar-refractivity contribution in [3.8, 4) is 0 Å². The molecule has 2 rings (SSSR count). The lowest BCUT2D eigenvalue weighted by Crippen LogP contribution is -2.01. The van der Waals surface area contributed by atoms with E-state index in [2.05, 4.69) is 15.0 Å². The van der Waals surface area contributed by atoms with Gasteiger partial charge in [-0.3, -0.25) is 4.79 Å². The van der Waals surface area contributed by atoms with E-state index >= 15 is 0 Å². The highest BCUT2D eigenvalue weighted by molar-refractivity contribution is 5.73. The number of ether oxygens (including phenoxy) is 1. The van der Waals surface area contributed by atoms with Gasteiger partial charge >= 0.3 is 5.97 Å². The molecule has 0 spiro atoms. The number of H-pyrrole nitrogens is 1. The normalized spacial score (nSPS) is 11.1. The van der Waals surface area contributed by atoms with E-state index in [4.69, 9.17) is 4.74 Å². The van der Waals surface area contributed by atoms with Gasteiger partial charge in [0.15, 0.2) is 5.65 Å². The number of aromatic nitrogens is 3. The minimum Gasteiger partial charge on any atom is -0.466 e.